The summed E-state index contributed by atoms with van der Waals surface area (Å²) < 4.78 is 25.7. The fourth-order valence-corrected chi connectivity index (χ4v) is 6.67. The number of hydrogen-bond acceptors (Lipinski definition) is 3. The number of rotatable bonds is 5. The SMILES string of the molecule is CNC1CCC(C(C)C)CC1S(=O)(=O)CC1CCCC1. The molecular weight excluding hydrogens is 270 g/mol. The molecule has 3 nitrogen and oxygen atoms in total. The minimum absolute atomic E-state index is 0.158. The maximum atomic E-state index is 12.8. The molecule has 2 saturated carbocycles. The van der Waals surface area contributed by atoms with E-state index in [0.717, 1.165) is 25.7 Å². The Labute approximate surface area is 124 Å². The van der Waals surface area contributed by atoms with Gasteiger partial charge in [-0.25, -0.2) is 8.42 Å². The van der Waals surface area contributed by atoms with E-state index >= 15 is 0 Å². The van der Waals surface area contributed by atoms with Crippen molar-refractivity contribution in [1.82, 2.24) is 5.32 Å². The zero-order chi connectivity index (χ0) is 14.8. The first-order valence-corrected chi connectivity index (χ1v) is 10.0. The third-order valence-electron chi connectivity index (χ3n) is 5.55. The summed E-state index contributed by atoms with van der Waals surface area (Å²) in [6, 6.07) is 0.163. The Kier molecular flexibility index (Phi) is 5.52. The molecule has 0 radical (unpaired) electrons. The average Bonchev–Trinajstić information content (AvgIpc) is 2.90. The molecule has 2 fully saturated rings. The number of sulfone groups is 1. The Morgan fingerprint density at radius 1 is 1.10 bits per heavy atom. The fourth-order valence-electron chi connectivity index (χ4n) is 4.12. The Morgan fingerprint density at radius 3 is 2.30 bits per heavy atom. The highest BCUT2D eigenvalue weighted by Gasteiger charge is 2.40. The molecule has 0 aromatic carbocycles. The summed E-state index contributed by atoms with van der Waals surface area (Å²) >= 11 is 0. The van der Waals surface area contributed by atoms with Gasteiger partial charge in [-0.05, 0) is 56.9 Å². The Balaban J connectivity index is 2.08. The molecule has 1 N–H and O–H groups in total. The highest BCUT2D eigenvalue weighted by molar-refractivity contribution is 7.92. The van der Waals surface area contributed by atoms with Crippen molar-refractivity contribution in [1.29, 1.82) is 0 Å². The minimum atomic E-state index is -2.96. The van der Waals surface area contributed by atoms with Crippen molar-refractivity contribution in [2.45, 2.75) is 70.1 Å². The normalized spacial score (nSPS) is 32.9. The summed E-state index contributed by atoms with van der Waals surface area (Å²) in [4.78, 5) is 0. The topological polar surface area (TPSA) is 46.2 Å². The van der Waals surface area contributed by atoms with Crippen molar-refractivity contribution in [3.8, 4) is 0 Å². The Bertz CT molecular complexity index is 399. The molecular formula is C16H31NO2S. The van der Waals surface area contributed by atoms with Crippen LogP contribution >= 0.6 is 0 Å². The molecule has 2 rings (SSSR count). The maximum Gasteiger partial charge on any atom is 0.154 e. The second-order valence-electron chi connectivity index (χ2n) is 7.23. The third-order valence-corrected chi connectivity index (χ3v) is 7.93. The Hall–Kier alpha value is -0.0900. The molecule has 0 aliphatic heterocycles. The van der Waals surface area contributed by atoms with Crippen LogP contribution in [-0.2, 0) is 9.84 Å². The summed E-state index contributed by atoms with van der Waals surface area (Å²) in [6.45, 7) is 4.45. The van der Waals surface area contributed by atoms with Crippen molar-refractivity contribution in [2.75, 3.05) is 12.8 Å². The molecule has 0 aromatic heterocycles. The predicted octanol–water partition coefficient (Wildman–Crippen LogP) is 3.00. The van der Waals surface area contributed by atoms with Crippen molar-refractivity contribution in [3.05, 3.63) is 0 Å². The zero-order valence-corrected chi connectivity index (χ0v) is 14.1. The molecule has 0 spiro atoms. The van der Waals surface area contributed by atoms with Gasteiger partial charge in [-0.1, -0.05) is 26.7 Å². The van der Waals surface area contributed by atoms with Gasteiger partial charge in [0, 0.05) is 6.04 Å². The molecule has 2 aliphatic carbocycles. The van der Waals surface area contributed by atoms with E-state index in [-0.39, 0.29) is 11.3 Å². The van der Waals surface area contributed by atoms with E-state index in [1.807, 2.05) is 7.05 Å². The van der Waals surface area contributed by atoms with E-state index < -0.39 is 9.84 Å². The molecule has 0 amide bonds. The van der Waals surface area contributed by atoms with Crippen molar-refractivity contribution in [2.24, 2.45) is 17.8 Å². The summed E-state index contributed by atoms with van der Waals surface area (Å²) in [6.07, 6.45) is 7.70. The third kappa shape index (κ3) is 3.76. The highest BCUT2D eigenvalue weighted by Crippen LogP contribution is 2.35. The summed E-state index contributed by atoms with van der Waals surface area (Å²) in [5.74, 6) is 2.03. The molecule has 118 valence electrons. The van der Waals surface area contributed by atoms with Crippen molar-refractivity contribution in [3.63, 3.8) is 0 Å². The molecule has 20 heavy (non-hydrogen) atoms. The van der Waals surface area contributed by atoms with Crippen LogP contribution < -0.4 is 5.32 Å². The first-order valence-electron chi connectivity index (χ1n) is 8.33. The lowest BCUT2D eigenvalue weighted by Gasteiger charge is -2.37. The lowest BCUT2D eigenvalue weighted by molar-refractivity contribution is 0.246. The first-order chi connectivity index (χ1) is 9.44. The maximum absolute atomic E-state index is 12.8. The van der Waals surface area contributed by atoms with Gasteiger partial charge in [-0.2, -0.15) is 0 Å². The van der Waals surface area contributed by atoms with E-state index in [0.29, 0.717) is 23.5 Å². The van der Waals surface area contributed by atoms with Crippen molar-refractivity contribution < 1.29 is 8.42 Å². The van der Waals surface area contributed by atoms with Crippen LogP contribution in [0.2, 0.25) is 0 Å². The van der Waals surface area contributed by atoms with Gasteiger partial charge in [0.05, 0.1) is 11.0 Å². The van der Waals surface area contributed by atoms with Gasteiger partial charge in [-0.3, -0.25) is 0 Å². The van der Waals surface area contributed by atoms with Crippen molar-refractivity contribution >= 4 is 9.84 Å². The molecule has 3 unspecified atom stereocenters. The van der Waals surface area contributed by atoms with Crippen LogP contribution in [-0.4, -0.2) is 32.5 Å². The second kappa shape index (κ2) is 6.78. The predicted molar refractivity (Wildman–Crippen MR) is 84.6 cm³/mol. The summed E-state index contributed by atoms with van der Waals surface area (Å²) in [5, 5.41) is 3.11. The van der Waals surface area contributed by atoms with Gasteiger partial charge < -0.3 is 5.32 Å². The van der Waals surface area contributed by atoms with Crippen LogP contribution in [0.4, 0.5) is 0 Å². The van der Waals surface area contributed by atoms with Crippen LogP contribution in [0.1, 0.15) is 58.8 Å². The molecule has 0 aromatic rings. The van der Waals surface area contributed by atoms with Crippen LogP contribution in [0, 0.1) is 17.8 Å². The van der Waals surface area contributed by atoms with Crippen LogP contribution in [0.25, 0.3) is 0 Å². The first kappa shape index (κ1) is 16.3. The molecule has 2 aliphatic rings. The quantitative estimate of drug-likeness (QED) is 0.849. The second-order valence-corrected chi connectivity index (χ2v) is 9.50. The van der Waals surface area contributed by atoms with Crippen LogP contribution in [0.15, 0.2) is 0 Å². The van der Waals surface area contributed by atoms with Gasteiger partial charge in [0.15, 0.2) is 9.84 Å². The Morgan fingerprint density at radius 2 is 1.75 bits per heavy atom. The van der Waals surface area contributed by atoms with Gasteiger partial charge in [0.2, 0.25) is 0 Å². The highest BCUT2D eigenvalue weighted by atomic mass is 32.2. The molecule has 3 atom stereocenters. The van der Waals surface area contributed by atoms with E-state index in [1.165, 1.54) is 19.3 Å². The average molecular weight is 301 g/mol. The van der Waals surface area contributed by atoms with E-state index in [1.54, 1.807) is 0 Å². The lowest BCUT2D eigenvalue weighted by atomic mass is 9.79. The molecule has 0 bridgehead atoms. The van der Waals surface area contributed by atoms with Gasteiger partial charge in [0.1, 0.15) is 0 Å². The van der Waals surface area contributed by atoms with E-state index in [9.17, 15) is 8.42 Å². The monoisotopic (exact) mass is 301 g/mol. The zero-order valence-electron chi connectivity index (χ0n) is 13.3. The van der Waals surface area contributed by atoms with E-state index in [2.05, 4.69) is 19.2 Å². The molecule has 4 heteroatoms. The van der Waals surface area contributed by atoms with Crippen LogP contribution in [0.5, 0.6) is 0 Å². The van der Waals surface area contributed by atoms with Gasteiger partial charge in [-0.15, -0.1) is 0 Å². The minimum Gasteiger partial charge on any atom is -0.316 e. The van der Waals surface area contributed by atoms with Gasteiger partial charge in [0.25, 0.3) is 0 Å². The lowest BCUT2D eigenvalue weighted by Crippen LogP contribution is -2.48. The fraction of sp³-hybridized carbons (Fsp3) is 1.00. The summed E-state index contributed by atoms with van der Waals surface area (Å²) in [5.41, 5.74) is 0. The standard InChI is InChI=1S/C16H31NO2S/c1-12(2)14-8-9-15(17-3)16(10-14)20(18,19)11-13-6-4-5-7-13/h12-17H,4-11H2,1-3H3. The largest absolute Gasteiger partial charge is 0.316 e. The summed E-state index contributed by atoms with van der Waals surface area (Å²) in [7, 11) is -1.04. The number of hydrogen-bond donors (Lipinski definition) is 1. The molecule has 0 saturated heterocycles. The smallest absolute Gasteiger partial charge is 0.154 e. The van der Waals surface area contributed by atoms with E-state index in [4.69, 9.17) is 0 Å². The molecule has 0 heterocycles. The van der Waals surface area contributed by atoms with Crippen LogP contribution in [0.3, 0.4) is 0 Å². The number of nitrogens with one attached hydrogen (secondary N) is 1. The van der Waals surface area contributed by atoms with Gasteiger partial charge >= 0.3 is 0 Å².